The molecule has 3 aliphatic heterocycles. The SMILES string of the molecule is C=C(C)OCC1NC(=O)N(c2cc(C)c(/C=C/S(=O)(=O)N3CCC4(CC3)N=C([C@H]3CC[C@H](C)CC3)NC4=O)c(C)c2)C1=O. The highest BCUT2D eigenvalue weighted by atomic mass is 32.2. The van der Waals surface area contributed by atoms with E-state index in [0.29, 0.717) is 46.9 Å². The summed E-state index contributed by atoms with van der Waals surface area (Å²) in [6.07, 6.45) is 6.54. The molecule has 1 saturated carbocycles. The van der Waals surface area contributed by atoms with Gasteiger partial charge < -0.3 is 15.4 Å². The molecule has 232 valence electrons. The molecule has 43 heavy (non-hydrogen) atoms. The second-order valence-corrected chi connectivity index (χ2v) is 14.2. The van der Waals surface area contributed by atoms with Gasteiger partial charge in [-0.05, 0) is 87.3 Å². The number of hydrogen-bond acceptors (Lipinski definition) is 7. The van der Waals surface area contributed by atoms with E-state index < -0.39 is 33.5 Å². The number of sulfonamides is 1. The highest BCUT2D eigenvalue weighted by Gasteiger charge is 2.48. The Balaban J connectivity index is 1.25. The minimum atomic E-state index is -3.76. The number of amides is 4. The molecule has 3 heterocycles. The van der Waals surface area contributed by atoms with Gasteiger partial charge in [0.25, 0.3) is 11.8 Å². The smallest absolute Gasteiger partial charge is 0.329 e. The molecule has 0 aromatic heterocycles. The van der Waals surface area contributed by atoms with Crippen molar-refractivity contribution in [3.8, 4) is 0 Å². The third-order valence-corrected chi connectivity index (χ3v) is 10.6. The van der Waals surface area contributed by atoms with Crippen LogP contribution in [0.1, 0.15) is 69.1 Å². The Labute approximate surface area is 253 Å². The van der Waals surface area contributed by atoms with Gasteiger partial charge in [-0.3, -0.25) is 14.6 Å². The summed E-state index contributed by atoms with van der Waals surface area (Å²) in [5.41, 5.74) is 1.62. The lowest BCUT2D eigenvalue weighted by Crippen LogP contribution is -2.50. The Kier molecular flexibility index (Phi) is 8.54. The number of carbonyl (C=O) groups is 3. The molecule has 0 radical (unpaired) electrons. The quantitative estimate of drug-likeness (QED) is 0.339. The summed E-state index contributed by atoms with van der Waals surface area (Å²) in [4.78, 5) is 44.4. The summed E-state index contributed by atoms with van der Waals surface area (Å²) in [6.45, 7) is 11.6. The molecule has 12 heteroatoms. The predicted octanol–water partition coefficient (Wildman–Crippen LogP) is 3.77. The van der Waals surface area contributed by atoms with Crippen molar-refractivity contribution in [3.05, 3.63) is 46.6 Å². The van der Waals surface area contributed by atoms with Crippen molar-refractivity contribution in [2.75, 3.05) is 24.6 Å². The normalized spacial score (nSPS) is 26.1. The van der Waals surface area contributed by atoms with Crippen LogP contribution in [0.2, 0.25) is 0 Å². The molecule has 3 fully saturated rings. The molecule has 1 atom stereocenters. The van der Waals surface area contributed by atoms with Crippen molar-refractivity contribution in [3.63, 3.8) is 0 Å². The zero-order valence-corrected chi connectivity index (χ0v) is 26.1. The number of nitrogens with one attached hydrogen (secondary N) is 2. The highest BCUT2D eigenvalue weighted by molar-refractivity contribution is 7.92. The zero-order valence-electron chi connectivity index (χ0n) is 25.3. The van der Waals surface area contributed by atoms with Crippen LogP contribution in [-0.4, -0.2) is 67.7 Å². The van der Waals surface area contributed by atoms with Gasteiger partial charge in [0, 0.05) is 24.4 Å². The van der Waals surface area contributed by atoms with Gasteiger partial charge in [0.2, 0.25) is 10.0 Å². The van der Waals surface area contributed by atoms with Crippen LogP contribution in [0.15, 0.2) is 34.9 Å². The lowest BCUT2D eigenvalue weighted by Gasteiger charge is -2.34. The number of hydrogen-bond donors (Lipinski definition) is 2. The van der Waals surface area contributed by atoms with E-state index in [1.54, 1.807) is 39.0 Å². The molecule has 1 unspecified atom stereocenters. The summed E-state index contributed by atoms with van der Waals surface area (Å²) in [5.74, 6) is 1.66. The largest absolute Gasteiger partial charge is 0.496 e. The number of anilines is 1. The first-order valence-corrected chi connectivity index (χ1v) is 16.4. The number of ether oxygens (including phenoxy) is 1. The van der Waals surface area contributed by atoms with E-state index in [2.05, 4.69) is 24.1 Å². The molecule has 1 aliphatic carbocycles. The molecule has 0 bridgehead atoms. The lowest BCUT2D eigenvalue weighted by molar-refractivity contribution is -0.125. The van der Waals surface area contributed by atoms with E-state index in [4.69, 9.17) is 9.73 Å². The maximum absolute atomic E-state index is 13.3. The maximum atomic E-state index is 13.3. The topological polar surface area (TPSA) is 137 Å². The Bertz CT molecular complexity index is 1480. The first-order valence-electron chi connectivity index (χ1n) is 14.9. The third kappa shape index (κ3) is 6.26. The van der Waals surface area contributed by atoms with Crippen molar-refractivity contribution >= 4 is 45.5 Å². The molecular formula is C31H41N5O6S. The van der Waals surface area contributed by atoms with Gasteiger partial charge in [-0.2, -0.15) is 4.31 Å². The van der Waals surface area contributed by atoms with Crippen LogP contribution in [0.4, 0.5) is 10.5 Å². The molecule has 1 spiro atoms. The molecule has 2 N–H and O–H groups in total. The molecule has 4 amide bonds. The minimum absolute atomic E-state index is 0.0112. The van der Waals surface area contributed by atoms with Gasteiger partial charge >= 0.3 is 6.03 Å². The standard InChI is InChI=1S/C31H41N5O6S/c1-19(2)42-18-26-28(37)36(30(39)32-26)24-16-21(4)25(22(5)17-24)10-15-43(40,41)35-13-11-31(12-14-35)29(38)33-27(34-31)23-8-6-20(3)7-9-23/h10,15-17,20,23,26H,1,6-9,11-14,18H2,2-5H3,(H,32,39)(H,33,34,38)/b15-10+/t20-,23-,26?. The number of urea groups is 1. The summed E-state index contributed by atoms with van der Waals surface area (Å²) < 4.78 is 33.3. The summed E-state index contributed by atoms with van der Waals surface area (Å²) in [7, 11) is -3.76. The number of aryl methyl sites for hydroxylation is 2. The van der Waals surface area contributed by atoms with Crippen molar-refractivity contribution in [2.24, 2.45) is 16.8 Å². The highest BCUT2D eigenvalue weighted by Crippen LogP contribution is 2.36. The number of benzene rings is 1. The second kappa shape index (κ2) is 11.9. The van der Waals surface area contributed by atoms with Gasteiger partial charge in [-0.15, -0.1) is 0 Å². The van der Waals surface area contributed by atoms with Gasteiger partial charge in [0.05, 0.1) is 11.4 Å². The molecule has 4 aliphatic rings. The number of piperidine rings is 1. The van der Waals surface area contributed by atoms with Crippen LogP contribution in [0.25, 0.3) is 6.08 Å². The van der Waals surface area contributed by atoms with E-state index in [-0.39, 0.29) is 31.5 Å². The second-order valence-electron chi connectivity index (χ2n) is 12.4. The van der Waals surface area contributed by atoms with Crippen molar-refractivity contribution in [1.82, 2.24) is 14.9 Å². The van der Waals surface area contributed by atoms with E-state index in [9.17, 15) is 22.8 Å². The Morgan fingerprint density at radius 2 is 1.74 bits per heavy atom. The molecule has 1 aromatic carbocycles. The first kappa shape index (κ1) is 30.9. The molecule has 2 saturated heterocycles. The van der Waals surface area contributed by atoms with Gasteiger partial charge in [-0.25, -0.2) is 18.1 Å². The number of imide groups is 1. The number of rotatable bonds is 8. The molecule has 5 rings (SSSR count). The van der Waals surface area contributed by atoms with Crippen molar-refractivity contribution < 1.29 is 27.5 Å². The Morgan fingerprint density at radius 3 is 2.35 bits per heavy atom. The number of amidine groups is 1. The average Bonchev–Trinajstić information content (AvgIpc) is 3.41. The number of nitrogens with zero attached hydrogens (tertiary/aromatic N) is 3. The fraction of sp³-hybridized carbons (Fsp3) is 0.548. The molecular weight excluding hydrogens is 570 g/mol. The van der Waals surface area contributed by atoms with Gasteiger partial charge in [0.1, 0.15) is 24.0 Å². The monoisotopic (exact) mass is 611 g/mol. The fourth-order valence-electron chi connectivity index (χ4n) is 6.42. The average molecular weight is 612 g/mol. The van der Waals surface area contributed by atoms with Crippen molar-refractivity contribution in [1.29, 1.82) is 0 Å². The van der Waals surface area contributed by atoms with Crippen LogP contribution >= 0.6 is 0 Å². The van der Waals surface area contributed by atoms with E-state index in [1.807, 2.05) is 0 Å². The third-order valence-electron chi connectivity index (χ3n) is 9.07. The van der Waals surface area contributed by atoms with Crippen molar-refractivity contribution in [2.45, 2.75) is 77.8 Å². The van der Waals surface area contributed by atoms with E-state index in [0.717, 1.165) is 36.4 Å². The Hall–Kier alpha value is -3.51. The van der Waals surface area contributed by atoms with Gasteiger partial charge in [-0.1, -0.05) is 26.3 Å². The maximum Gasteiger partial charge on any atom is 0.329 e. The predicted molar refractivity (Wildman–Crippen MR) is 165 cm³/mol. The molecule has 11 nitrogen and oxygen atoms in total. The minimum Gasteiger partial charge on any atom is -0.496 e. The summed E-state index contributed by atoms with van der Waals surface area (Å²) >= 11 is 0. The number of aliphatic imine (C=N–C) groups is 1. The fourth-order valence-corrected chi connectivity index (χ4v) is 7.59. The van der Waals surface area contributed by atoms with E-state index >= 15 is 0 Å². The zero-order chi connectivity index (χ0) is 31.1. The van der Waals surface area contributed by atoms with Crippen LogP contribution in [0, 0.1) is 25.7 Å². The lowest BCUT2D eigenvalue weighted by atomic mass is 9.82. The summed E-state index contributed by atoms with van der Waals surface area (Å²) in [5, 5.41) is 6.83. The summed E-state index contributed by atoms with van der Waals surface area (Å²) in [6, 6.07) is 2.01. The Morgan fingerprint density at radius 1 is 1.12 bits per heavy atom. The molecule has 1 aromatic rings. The van der Waals surface area contributed by atoms with E-state index in [1.165, 1.54) is 9.71 Å². The first-order chi connectivity index (χ1) is 20.3. The van der Waals surface area contributed by atoms with Crippen LogP contribution in [0.3, 0.4) is 0 Å². The van der Waals surface area contributed by atoms with Crippen LogP contribution < -0.4 is 15.5 Å². The number of carbonyl (C=O) groups excluding carboxylic acids is 3. The van der Waals surface area contributed by atoms with Crippen LogP contribution in [-0.2, 0) is 24.3 Å². The van der Waals surface area contributed by atoms with Crippen LogP contribution in [0.5, 0.6) is 0 Å². The van der Waals surface area contributed by atoms with Gasteiger partial charge in [0.15, 0.2) is 0 Å². The number of allylic oxidation sites excluding steroid dienone is 1.